The summed E-state index contributed by atoms with van der Waals surface area (Å²) in [6, 6.07) is 23.6. The van der Waals surface area contributed by atoms with Gasteiger partial charge in [-0.25, -0.2) is 17.8 Å². The second kappa shape index (κ2) is 12.1. The van der Waals surface area contributed by atoms with Gasteiger partial charge in [0.25, 0.3) is 5.91 Å². The molecule has 7 rings (SSSR count). The van der Waals surface area contributed by atoms with E-state index >= 15 is 0 Å². The molecule has 3 aromatic carbocycles. The number of likely N-dealkylation sites (tertiary alicyclic amines) is 1. The van der Waals surface area contributed by atoms with Crippen molar-refractivity contribution in [2.45, 2.75) is 75.4 Å². The average molecular weight is 644 g/mol. The number of piperidine rings is 2. The molecule has 0 aliphatic carbocycles. The van der Waals surface area contributed by atoms with Gasteiger partial charge in [-0.15, -0.1) is 0 Å². The largest absolute Gasteiger partial charge is 0.339 e. The van der Waals surface area contributed by atoms with Crippen molar-refractivity contribution >= 4 is 32.7 Å². The summed E-state index contributed by atoms with van der Waals surface area (Å²) in [6.45, 7) is 4.26. The van der Waals surface area contributed by atoms with Crippen LogP contribution in [0.1, 0.15) is 72.7 Å². The molecule has 8 nitrogen and oxygen atoms in total. The van der Waals surface area contributed by atoms with Crippen LogP contribution in [0.4, 0.5) is 10.1 Å². The lowest BCUT2D eigenvalue weighted by Crippen LogP contribution is -2.49. The Kier molecular flexibility index (Phi) is 8.13. The van der Waals surface area contributed by atoms with Crippen LogP contribution in [0, 0.1) is 12.7 Å². The van der Waals surface area contributed by atoms with Crippen molar-refractivity contribution in [2.75, 3.05) is 30.6 Å². The molecular weight excluding hydrogens is 601 g/mol. The van der Waals surface area contributed by atoms with Crippen molar-refractivity contribution in [3.63, 3.8) is 0 Å². The third-order valence-corrected chi connectivity index (χ3v) is 11.3. The number of halogens is 1. The monoisotopic (exact) mass is 643 g/mol. The average Bonchev–Trinajstić information content (AvgIpc) is 3.49. The van der Waals surface area contributed by atoms with E-state index in [1.165, 1.54) is 24.4 Å². The number of sulfonamides is 1. The molecule has 1 unspecified atom stereocenters. The maximum absolute atomic E-state index is 14.6. The number of para-hydroxylation sites is 2. The topological polar surface area (TPSA) is 87.5 Å². The highest BCUT2D eigenvalue weighted by molar-refractivity contribution is 7.92. The molecule has 1 amide bonds. The van der Waals surface area contributed by atoms with E-state index in [0.29, 0.717) is 42.5 Å². The van der Waals surface area contributed by atoms with E-state index in [0.717, 1.165) is 61.8 Å². The van der Waals surface area contributed by atoms with E-state index in [-0.39, 0.29) is 17.1 Å². The molecule has 0 saturated carbocycles. The molecule has 3 saturated heterocycles. The number of hydrogen-bond donors (Lipinski definition) is 1. The summed E-state index contributed by atoms with van der Waals surface area (Å²) >= 11 is 0. The fourth-order valence-electron chi connectivity index (χ4n) is 8.51. The van der Waals surface area contributed by atoms with E-state index in [1.54, 1.807) is 30.3 Å². The van der Waals surface area contributed by atoms with Gasteiger partial charge in [-0.05, 0) is 118 Å². The molecule has 1 N–H and O–H groups in total. The number of carbonyl (C=O) groups is 1. The maximum Gasteiger partial charge on any atom is 0.253 e. The second-order valence-corrected chi connectivity index (χ2v) is 15.3. The molecule has 46 heavy (non-hydrogen) atoms. The highest BCUT2D eigenvalue weighted by Gasteiger charge is 2.44. The number of rotatable bonds is 8. The van der Waals surface area contributed by atoms with Gasteiger partial charge in [-0.2, -0.15) is 0 Å². The molecule has 0 spiro atoms. The van der Waals surface area contributed by atoms with Crippen molar-refractivity contribution in [3.8, 4) is 0 Å². The Hall–Kier alpha value is -3.76. The van der Waals surface area contributed by atoms with Crippen molar-refractivity contribution in [1.82, 2.24) is 19.4 Å². The molecule has 1 aromatic heterocycles. The second-order valence-electron chi connectivity index (χ2n) is 13.6. The molecule has 3 aliphatic heterocycles. The summed E-state index contributed by atoms with van der Waals surface area (Å²) in [4.78, 5) is 22.9. The van der Waals surface area contributed by atoms with Gasteiger partial charge >= 0.3 is 0 Å². The predicted molar refractivity (Wildman–Crippen MR) is 179 cm³/mol. The molecule has 4 aromatic rings. The van der Waals surface area contributed by atoms with Crippen LogP contribution in [-0.4, -0.2) is 71.6 Å². The number of carbonyl (C=O) groups excluding carboxylic acids is 1. The summed E-state index contributed by atoms with van der Waals surface area (Å²) in [5, 5.41) is 0. The van der Waals surface area contributed by atoms with Crippen LogP contribution < -0.4 is 4.72 Å². The van der Waals surface area contributed by atoms with Crippen LogP contribution in [0.3, 0.4) is 0 Å². The van der Waals surface area contributed by atoms with Crippen molar-refractivity contribution in [2.24, 2.45) is 0 Å². The van der Waals surface area contributed by atoms with Crippen LogP contribution in [0.15, 0.2) is 72.8 Å². The minimum Gasteiger partial charge on any atom is -0.339 e. The van der Waals surface area contributed by atoms with Gasteiger partial charge in [-0.3, -0.25) is 14.4 Å². The lowest BCUT2D eigenvalue weighted by Gasteiger charge is -2.45. The van der Waals surface area contributed by atoms with Crippen LogP contribution in [0.2, 0.25) is 0 Å². The third-order valence-electron chi connectivity index (χ3n) is 10.7. The first-order chi connectivity index (χ1) is 22.1. The minimum absolute atomic E-state index is 0.0683. The van der Waals surface area contributed by atoms with E-state index in [4.69, 9.17) is 4.98 Å². The van der Waals surface area contributed by atoms with E-state index in [9.17, 15) is 17.6 Å². The number of anilines is 1. The molecule has 3 fully saturated rings. The van der Waals surface area contributed by atoms with Gasteiger partial charge in [0.15, 0.2) is 0 Å². The SMILES string of the molecule is Cc1nc2ccccc2n1C1C[C@H]2CC[C@@H](C1)N2CCC1(c2cccc(F)c2)CCN(C(=O)c2ccc(NS(C)(=O)=O)cc2)CC1. The Balaban J connectivity index is 1.05. The molecular formula is C36H42FN5O3S. The van der Waals surface area contributed by atoms with Gasteiger partial charge < -0.3 is 9.47 Å². The summed E-state index contributed by atoms with van der Waals surface area (Å²) in [7, 11) is -3.39. The van der Waals surface area contributed by atoms with Gasteiger partial charge in [-0.1, -0.05) is 24.3 Å². The van der Waals surface area contributed by atoms with Gasteiger partial charge in [0.05, 0.1) is 17.3 Å². The van der Waals surface area contributed by atoms with E-state index in [2.05, 4.69) is 51.4 Å². The lowest BCUT2D eigenvalue weighted by atomic mass is 9.70. The zero-order chi connectivity index (χ0) is 32.1. The Morgan fingerprint density at radius 2 is 1.65 bits per heavy atom. The molecule has 10 heteroatoms. The molecule has 242 valence electrons. The number of nitrogens with one attached hydrogen (secondary N) is 1. The first-order valence-electron chi connectivity index (χ1n) is 16.4. The molecule has 3 aliphatic rings. The van der Waals surface area contributed by atoms with Crippen molar-refractivity contribution in [3.05, 3.63) is 95.6 Å². The number of amides is 1. The van der Waals surface area contributed by atoms with Crippen LogP contribution >= 0.6 is 0 Å². The number of fused-ring (bicyclic) bond motifs is 3. The maximum atomic E-state index is 14.6. The first-order valence-corrected chi connectivity index (χ1v) is 18.3. The number of hydrogen-bond acceptors (Lipinski definition) is 5. The highest BCUT2D eigenvalue weighted by Crippen LogP contribution is 2.45. The van der Waals surface area contributed by atoms with Crippen LogP contribution in [0.25, 0.3) is 11.0 Å². The minimum atomic E-state index is -3.39. The molecule has 4 heterocycles. The van der Waals surface area contributed by atoms with E-state index in [1.807, 2.05) is 11.0 Å². The Morgan fingerprint density at radius 3 is 2.33 bits per heavy atom. The Labute approximate surface area is 270 Å². The van der Waals surface area contributed by atoms with Gasteiger partial charge in [0, 0.05) is 42.5 Å². The highest BCUT2D eigenvalue weighted by atomic mass is 32.2. The van der Waals surface area contributed by atoms with Gasteiger partial charge in [0.1, 0.15) is 11.6 Å². The fraction of sp³-hybridized carbons (Fsp3) is 0.444. The summed E-state index contributed by atoms with van der Waals surface area (Å²) in [5.74, 6) is 0.801. The quantitative estimate of drug-likeness (QED) is 0.244. The van der Waals surface area contributed by atoms with Crippen LogP contribution in [-0.2, 0) is 15.4 Å². The zero-order valence-electron chi connectivity index (χ0n) is 26.5. The lowest BCUT2D eigenvalue weighted by molar-refractivity contribution is 0.0606. The first kappa shape index (κ1) is 30.9. The normalized spacial score (nSPS) is 23.1. The summed E-state index contributed by atoms with van der Waals surface area (Å²) in [5.41, 5.74) is 4.06. The third kappa shape index (κ3) is 6.05. The standard InChI is InChI=1S/C36H42FN5O3S/c1-25-38-33-8-3-4-9-34(33)42(25)32-23-30-14-15-31(24-32)41(30)21-18-36(27-6-5-7-28(37)22-27)16-19-40(20-17-36)35(43)26-10-12-29(13-11-26)39-46(2,44)45/h3-13,22,30-32,39H,14-21,23-24H2,1-2H3/t30-,31+,32?. The number of benzene rings is 3. The zero-order valence-corrected chi connectivity index (χ0v) is 27.3. The number of aromatic nitrogens is 2. The van der Waals surface area contributed by atoms with E-state index < -0.39 is 10.0 Å². The molecule has 3 atom stereocenters. The summed E-state index contributed by atoms with van der Waals surface area (Å²) in [6.07, 6.45) is 8.21. The van der Waals surface area contributed by atoms with Crippen LogP contribution in [0.5, 0.6) is 0 Å². The molecule has 2 bridgehead atoms. The Morgan fingerprint density at radius 1 is 0.957 bits per heavy atom. The van der Waals surface area contributed by atoms with Gasteiger partial charge in [0.2, 0.25) is 10.0 Å². The Bertz CT molecular complexity index is 1830. The number of nitrogens with zero attached hydrogens (tertiary/aromatic N) is 4. The summed E-state index contributed by atoms with van der Waals surface area (Å²) < 4.78 is 42.6. The number of imidazole rings is 1. The number of aryl methyl sites for hydroxylation is 1. The smallest absolute Gasteiger partial charge is 0.253 e. The van der Waals surface area contributed by atoms with Crippen molar-refractivity contribution in [1.29, 1.82) is 0 Å². The predicted octanol–water partition coefficient (Wildman–Crippen LogP) is 6.29. The molecule has 0 radical (unpaired) electrons. The fourth-order valence-corrected chi connectivity index (χ4v) is 9.07. The van der Waals surface area contributed by atoms with Crippen molar-refractivity contribution < 1.29 is 17.6 Å².